The van der Waals surface area contributed by atoms with Crippen LogP contribution in [0.5, 0.6) is 5.75 Å². The van der Waals surface area contributed by atoms with E-state index in [0.717, 1.165) is 24.8 Å². The molecule has 17 heavy (non-hydrogen) atoms. The predicted molar refractivity (Wildman–Crippen MR) is 64.1 cm³/mol. The first-order valence-electron chi connectivity index (χ1n) is 5.86. The Bertz CT molecular complexity index is 417. The summed E-state index contributed by atoms with van der Waals surface area (Å²) in [6.07, 6.45) is 2.94. The molecule has 0 saturated carbocycles. The number of carboxylic acid groups (broad SMARTS) is 1. The van der Waals surface area contributed by atoms with E-state index < -0.39 is 5.97 Å². The second-order valence-corrected chi connectivity index (χ2v) is 4.42. The zero-order valence-corrected chi connectivity index (χ0v) is 9.69. The first-order chi connectivity index (χ1) is 8.20. The molecule has 1 aromatic carbocycles. The maximum absolute atomic E-state index is 10.5. The Hall–Kier alpha value is -1.55. The first kappa shape index (κ1) is 11.9. The van der Waals surface area contributed by atoms with E-state index >= 15 is 0 Å². The zero-order valence-electron chi connectivity index (χ0n) is 9.69. The zero-order chi connectivity index (χ0) is 12.3. The average molecular weight is 235 g/mol. The van der Waals surface area contributed by atoms with E-state index in [9.17, 15) is 4.79 Å². The lowest BCUT2D eigenvalue weighted by Crippen LogP contribution is -2.22. The Morgan fingerprint density at radius 2 is 2.35 bits per heavy atom. The smallest absolute Gasteiger partial charge is 0.341 e. The second kappa shape index (κ2) is 5.19. The Balaban J connectivity index is 2.16. The van der Waals surface area contributed by atoms with Crippen LogP contribution < -0.4 is 10.5 Å². The van der Waals surface area contributed by atoms with E-state index in [1.165, 1.54) is 5.56 Å². The molecule has 2 rings (SSSR count). The number of hydrogen-bond donors (Lipinski definition) is 2. The summed E-state index contributed by atoms with van der Waals surface area (Å²) in [5.41, 5.74) is 8.08. The van der Waals surface area contributed by atoms with Gasteiger partial charge in [0, 0.05) is 0 Å². The van der Waals surface area contributed by atoms with Crippen molar-refractivity contribution in [2.45, 2.75) is 19.3 Å². The van der Waals surface area contributed by atoms with Crippen LogP contribution in [0, 0.1) is 5.92 Å². The van der Waals surface area contributed by atoms with E-state index in [0.29, 0.717) is 18.2 Å². The number of fused-ring (bicyclic) bond motifs is 1. The van der Waals surface area contributed by atoms with Gasteiger partial charge in [-0.15, -0.1) is 0 Å². The molecule has 0 radical (unpaired) electrons. The number of carbonyl (C=O) groups is 1. The van der Waals surface area contributed by atoms with E-state index in [-0.39, 0.29) is 6.61 Å². The van der Waals surface area contributed by atoms with Gasteiger partial charge in [0.25, 0.3) is 0 Å². The fourth-order valence-electron chi connectivity index (χ4n) is 2.32. The van der Waals surface area contributed by atoms with Crippen LogP contribution in [0.4, 0.5) is 0 Å². The van der Waals surface area contributed by atoms with Gasteiger partial charge < -0.3 is 15.6 Å². The molecule has 0 saturated heterocycles. The fraction of sp³-hybridized carbons (Fsp3) is 0.462. The third-order valence-electron chi connectivity index (χ3n) is 3.23. The number of ether oxygens (including phenoxy) is 1. The van der Waals surface area contributed by atoms with E-state index in [1.54, 1.807) is 0 Å². The van der Waals surface area contributed by atoms with Gasteiger partial charge in [0.05, 0.1) is 0 Å². The highest BCUT2D eigenvalue weighted by Crippen LogP contribution is 2.31. The summed E-state index contributed by atoms with van der Waals surface area (Å²) in [5.74, 6) is 0.302. The van der Waals surface area contributed by atoms with Crippen LogP contribution in [0.25, 0.3) is 0 Å². The van der Waals surface area contributed by atoms with Crippen LogP contribution in [0.1, 0.15) is 17.5 Å². The highest BCUT2D eigenvalue weighted by atomic mass is 16.5. The molecule has 0 amide bonds. The molecule has 1 atom stereocenters. The molecule has 4 heteroatoms. The third-order valence-corrected chi connectivity index (χ3v) is 3.23. The van der Waals surface area contributed by atoms with Crippen LogP contribution >= 0.6 is 0 Å². The summed E-state index contributed by atoms with van der Waals surface area (Å²) >= 11 is 0. The summed E-state index contributed by atoms with van der Waals surface area (Å²) in [7, 11) is 0. The Labute approximate surface area is 100 Å². The topological polar surface area (TPSA) is 72.5 Å². The van der Waals surface area contributed by atoms with Gasteiger partial charge in [0.15, 0.2) is 6.61 Å². The molecule has 0 fully saturated rings. The summed E-state index contributed by atoms with van der Waals surface area (Å²) in [4.78, 5) is 10.5. The highest BCUT2D eigenvalue weighted by Gasteiger charge is 2.20. The van der Waals surface area contributed by atoms with Crippen molar-refractivity contribution in [3.63, 3.8) is 0 Å². The molecule has 0 aromatic heterocycles. The number of carboxylic acids is 1. The van der Waals surface area contributed by atoms with Crippen LogP contribution in [0.3, 0.4) is 0 Å². The molecular formula is C13H17NO3. The van der Waals surface area contributed by atoms with Crippen molar-refractivity contribution in [3.05, 3.63) is 29.3 Å². The monoisotopic (exact) mass is 235 g/mol. The molecule has 1 unspecified atom stereocenters. The lowest BCUT2D eigenvalue weighted by Gasteiger charge is -2.25. The minimum Gasteiger partial charge on any atom is -0.482 e. The van der Waals surface area contributed by atoms with Crippen LogP contribution in [-0.4, -0.2) is 24.2 Å². The van der Waals surface area contributed by atoms with Crippen molar-refractivity contribution in [1.82, 2.24) is 0 Å². The average Bonchev–Trinajstić information content (AvgIpc) is 2.35. The maximum atomic E-state index is 10.5. The van der Waals surface area contributed by atoms with E-state index in [4.69, 9.17) is 15.6 Å². The number of nitrogens with two attached hydrogens (primary N) is 1. The Morgan fingerprint density at radius 1 is 1.53 bits per heavy atom. The van der Waals surface area contributed by atoms with Crippen LogP contribution in [-0.2, 0) is 17.6 Å². The molecule has 0 aliphatic heterocycles. The van der Waals surface area contributed by atoms with Crippen molar-refractivity contribution in [3.8, 4) is 5.75 Å². The number of rotatable bonds is 4. The molecule has 1 aliphatic rings. The minimum atomic E-state index is -0.946. The van der Waals surface area contributed by atoms with Crippen LogP contribution in [0.15, 0.2) is 18.2 Å². The van der Waals surface area contributed by atoms with Gasteiger partial charge in [-0.05, 0) is 48.9 Å². The largest absolute Gasteiger partial charge is 0.482 e. The number of hydrogen-bond acceptors (Lipinski definition) is 3. The van der Waals surface area contributed by atoms with E-state index in [2.05, 4.69) is 6.07 Å². The highest BCUT2D eigenvalue weighted by molar-refractivity contribution is 5.68. The lowest BCUT2D eigenvalue weighted by molar-refractivity contribution is -0.139. The van der Waals surface area contributed by atoms with Gasteiger partial charge in [-0.2, -0.15) is 0 Å². The van der Waals surface area contributed by atoms with E-state index in [1.807, 2.05) is 12.1 Å². The van der Waals surface area contributed by atoms with Gasteiger partial charge in [-0.25, -0.2) is 4.79 Å². The third kappa shape index (κ3) is 2.77. The van der Waals surface area contributed by atoms with Gasteiger partial charge in [0.1, 0.15) is 5.75 Å². The number of benzene rings is 1. The SMILES string of the molecule is NCC1CCc2c(cccc2OCC(=O)O)C1. The summed E-state index contributed by atoms with van der Waals surface area (Å²) in [6.45, 7) is 0.427. The van der Waals surface area contributed by atoms with Crippen LogP contribution in [0.2, 0.25) is 0 Å². The molecule has 3 N–H and O–H groups in total. The predicted octanol–water partition coefficient (Wildman–Crippen LogP) is 1.21. The molecule has 0 heterocycles. The Kier molecular flexibility index (Phi) is 3.64. The normalized spacial score (nSPS) is 18.5. The van der Waals surface area contributed by atoms with Gasteiger partial charge in [-0.1, -0.05) is 12.1 Å². The van der Waals surface area contributed by atoms with Crippen molar-refractivity contribution in [2.75, 3.05) is 13.2 Å². The Morgan fingerprint density at radius 3 is 3.06 bits per heavy atom. The molecule has 0 bridgehead atoms. The molecule has 1 aliphatic carbocycles. The molecule has 92 valence electrons. The number of aliphatic carboxylic acids is 1. The second-order valence-electron chi connectivity index (χ2n) is 4.42. The first-order valence-corrected chi connectivity index (χ1v) is 5.86. The molecule has 0 spiro atoms. The molecule has 4 nitrogen and oxygen atoms in total. The van der Waals surface area contributed by atoms with Crippen molar-refractivity contribution in [2.24, 2.45) is 11.7 Å². The summed E-state index contributed by atoms with van der Waals surface area (Å²) in [5, 5.41) is 8.62. The molecular weight excluding hydrogens is 218 g/mol. The standard InChI is InChI=1S/C13H17NO3/c14-7-9-4-5-11-10(6-9)2-1-3-12(11)17-8-13(15)16/h1-3,9H,4-8,14H2,(H,15,16). The van der Waals surface area contributed by atoms with Crippen molar-refractivity contribution >= 4 is 5.97 Å². The minimum absolute atomic E-state index is 0.281. The van der Waals surface area contributed by atoms with Crippen molar-refractivity contribution < 1.29 is 14.6 Å². The van der Waals surface area contributed by atoms with Gasteiger partial charge in [0.2, 0.25) is 0 Å². The quantitative estimate of drug-likeness (QED) is 0.822. The van der Waals surface area contributed by atoms with Gasteiger partial charge >= 0.3 is 5.97 Å². The summed E-state index contributed by atoms with van der Waals surface area (Å²) in [6, 6.07) is 5.82. The summed E-state index contributed by atoms with van der Waals surface area (Å²) < 4.78 is 5.30. The lowest BCUT2D eigenvalue weighted by atomic mass is 9.83. The van der Waals surface area contributed by atoms with Gasteiger partial charge in [-0.3, -0.25) is 0 Å². The van der Waals surface area contributed by atoms with Crippen molar-refractivity contribution in [1.29, 1.82) is 0 Å². The fourth-order valence-corrected chi connectivity index (χ4v) is 2.32. The maximum Gasteiger partial charge on any atom is 0.341 e. The molecule has 1 aromatic rings.